The molecule has 1 rings (SSSR count). The zero-order chi connectivity index (χ0) is 13.4. The van der Waals surface area contributed by atoms with Crippen molar-refractivity contribution in [3.05, 3.63) is 23.8 Å². The fourth-order valence-electron chi connectivity index (χ4n) is 1.45. The lowest BCUT2D eigenvalue weighted by Crippen LogP contribution is -2.16. The number of nitrogens with one attached hydrogen (secondary N) is 1. The van der Waals surface area contributed by atoms with E-state index in [0.717, 1.165) is 17.0 Å². The van der Waals surface area contributed by atoms with Crippen LogP contribution in [0.5, 0.6) is 5.75 Å². The molecule has 0 saturated carbocycles. The van der Waals surface area contributed by atoms with Gasteiger partial charge in [0.05, 0.1) is 6.61 Å². The van der Waals surface area contributed by atoms with E-state index in [1.807, 2.05) is 25.1 Å². The number of amides is 1. The Labute approximate surface area is 119 Å². The van der Waals surface area contributed by atoms with Gasteiger partial charge in [0.1, 0.15) is 12.4 Å². The highest BCUT2D eigenvalue weighted by Gasteiger charge is 2.05. The van der Waals surface area contributed by atoms with E-state index in [4.69, 9.17) is 15.2 Å². The van der Waals surface area contributed by atoms with Crippen LogP contribution in [0.1, 0.15) is 12.0 Å². The molecular formula is C13H21ClN2O3. The molecule has 1 aromatic rings. The Morgan fingerprint density at radius 3 is 2.68 bits per heavy atom. The summed E-state index contributed by atoms with van der Waals surface area (Å²) in [7, 11) is 1.63. The van der Waals surface area contributed by atoms with E-state index in [2.05, 4.69) is 5.32 Å². The normalized spacial score (nSPS) is 9.63. The number of aryl methyl sites for hydroxylation is 1. The number of carbonyl (C=O) groups is 1. The third-order valence-electron chi connectivity index (χ3n) is 2.40. The van der Waals surface area contributed by atoms with Crippen molar-refractivity contribution < 1.29 is 14.3 Å². The van der Waals surface area contributed by atoms with Crippen molar-refractivity contribution in [1.29, 1.82) is 0 Å². The number of hydrogen-bond acceptors (Lipinski definition) is 4. The minimum Gasteiger partial charge on any atom is -0.491 e. The Morgan fingerprint density at radius 1 is 1.37 bits per heavy atom. The first kappa shape index (κ1) is 17.7. The van der Waals surface area contributed by atoms with Crippen LogP contribution in [0, 0.1) is 6.92 Å². The molecule has 0 atom stereocenters. The summed E-state index contributed by atoms with van der Waals surface area (Å²) in [6, 6.07) is 5.53. The first-order chi connectivity index (χ1) is 8.67. The van der Waals surface area contributed by atoms with Crippen LogP contribution in [0.25, 0.3) is 0 Å². The topological polar surface area (TPSA) is 73.6 Å². The molecule has 0 fully saturated rings. The fourth-order valence-corrected chi connectivity index (χ4v) is 1.45. The maximum absolute atomic E-state index is 11.4. The highest BCUT2D eigenvalue weighted by Crippen LogP contribution is 2.21. The van der Waals surface area contributed by atoms with E-state index < -0.39 is 0 Å². The number of ether oxygens (including phenoxy) is 2. The summed E-state index contributed by atoms with van der Waals surface area (Å²) in [5.74, 6) is 0.690. The predicted molar refractivity (Wildman–Crippen MR) is 78.1 cm³/mol. The van der Waals surface area contributed by atoms with Crippen LogP contribution in [-0.4, -0.2) is 32.8 Å². The van der Waals surface area contributed by atoms with E-state index in [1.165, 1.54) is 0 Å². The molecule has 0 aromatic heterocycles. The zero-order valence-corrected chi connectivity index (χ0v) is 12.1. The summed E-state index contributed by atoms with van der Waals surface area (Å²) in [6.45, 7) is 3.33. The molecular weight excluding hydrogens is 268 g/mol. The van der Waals surface area contributed by atoms with Crippen LogP contribution < -0.4 is 15.8 Å². The molecule has 6 heteroatoms. The van der Waals surface area contributed by atoms with Gasteiger partial charge in [-0.25, -0.2) is 0 Å². The molecule has 0 heterocycles. The molecule has 3 N–H and O–H groups in total. The first-order valence-corrected chi connectivity index (χ1v) is 5.89. The number of carbonyl (C=O) groups excluding carboxylic acids is 1. The van der Waals surface area contributed by atoms with Crippen molar-refractivity contribution in [3.63, 3.8) is 0 Å². The van der Waals surface area contributed by atoms with E-state index in [1.54, 1.807) is 7.11 Å². The van der Waals surface area contributed by atoms with E-state index in [0.29, 0.717) is 26.2 Å². The number of nitrogens with two attached hydrogens (primary N) is 1. The number of benzene rings is 1. The lowest BCUT2D eigenvalue weighted by atomic mass is 10.2. The minimum atomic E-state index is -0.0753. The molecule has 0 saturated heterocycles. The van der Waals surface area contributed by atoms with Gasteiger partial charge in [0.2, 0.25) is 5.91 Å². The molecule has 19 heavy (non-hydrogen) atoms. The molecule has 0 bridgehead atoms. The monoisotopic (exact) mass is 288 g/mol. The van der Waals surface area contributed by atoms with Gasteiger partial charge in [0.15, 0.2) is 0 Å². The van der Waals surface area contributed by atoms with Crippen molar-refractivity contribution in [2.45, 2.75) is 13.3 Å². The van der Waals surface area contributed by atoms with Gasteiger partial charge >= 0.3 is 0 Å². The Bertz CT molecular complexity index is 399. The summed E-state index contributed by atoms with van der Waals surface area (Å²) in [4.78, 5) is 11.4. The maximum atomic E-state index is 11.4. The molecule has 0 spiro atoms. The average Bonchev–Trinajstić information content (AvgIpc) is 2.33. The number of halogens is 1. The third kappa shape index (κ3) is 6.42. The van der Waals surface area contributed by atoms with Gasteiger partial charge in [-0.15, -0.1) is 12.4 Å². The Balaban J connectivity index is 0.00000324. The molecule has 0 unspecified atom stereocenters. The number of rotatable bonds is 7. The molecule has 0 aliphatic heterocycles. The SMILES string of the molecule is COCCOc1ccc(NC(=O)CCN)c(C)c1.Cl. The third-order valence-corrected chi connectivity index (χ3v) is 2.40. The van der Waals surface area contributed by atoms with E-state index in [-0.39, 0.29) is 18.3 Å². The standard InChI is InChI=1S/C13H20N2O3.ClH/c1-10-9-11(18-8-7-17-2)3-4-12(10)15-13(16)5-6-14;/h3-4,9H,5-8,14H2,1-2H3,(H,15,16);1H. The lowest BCUT2D eigenvalue weighted by molar-refractivity contribution is -0.116. The smallest absolute Gasteiger partial charge is 0.225 e. The fraction of sp³-hybridized carbons (Fsp3) is 0.462. The number of hydrogen-bond donors (Lipinski definition) is 2. The second-order valence-corrected chi connectivity index (χ2v) is 3.90. The molecule has 1 amide bonds. The highest BCUT2D eigenvalue weighted by atomic mass is 35.5. The zero-order valence-electron chi connectivity index (χ0n) is 11.3. The summed E-state index contributed by atoms with van der Waals surface area (Å²) in [6.07, 6.45) is 0.325. The van der Waals surface area contributed by atoms with Crippen LogP contribution >= 0.6 is 12.4 Å². The molecule has 0 aliphatic rings. The van der Waals surface area contributed by atoms with Gasteiger partial charge in [-0.2, -0.15) is 0 Å². The lowest BCUT2D eigenvalue weighted by Gasteiger charge is -2.11. The second kappa shape index (κ2) is 9.61. The van der Waals surface area contributed by atoms with Crippen molar-refractivity contribution >= 4 is 24.0 Å². The van der Waals surface area contributed by atoms with Gasteiger partial charge in [0.25, 0.3) is 0 Å². The summed E-state index contributed by atoms with van der Waals surface area (Å²) in [5, 5.41) is 2.81. The molecule has 5 nitrogen and oxygen atoms in total. The van der Waals surface area contributed by atoms with Crippen molar-refractivity contribution in [2.24, 2.45) is 5.73 Å². The van der Waals surface area contributed by atoms with Crippen LogP contribution in [0.15, 0.2) is 18.2 Å². The predicted octanol–water partition coefficient (Wildman–Crippen LogP) is 1.73. The van der Waals surface area contributed by atoms with E-state index in [9.17, 15) is 4.79 Å². The van der Waals surface area contributed by atoms with Gasteiger partial charge in [0, 0.05) is 25.8 Å². The Kier molecular flexibility index (Phi) is 8.95. The highest BCUT2D eigenvalue weighted by molar-refractivity contribution is 5.91. The molecule has 1 aromatic carbocycles. The number of anilines is 1. The van der Waals surface area contributed by atoms with Crippen LogP contribution in [0.2, 0.25) is 0 Å². The van der Waals surface area contributed by atoms with Crippen molar-refractivity contribution in [1.82, 2.24) is 0 Å². The summed E-state index contributed by atoms with van der Waals surface area (Å²) < 4.78 is 10.4. The quantitative estimate of drug-likeness (QED) is 0.750. The Hall–Kier alpha value is -1.30. The first-order valence-electron chi connectivity index (χ1n) is 5.89. The number of methoxy groups -OCH3 is 1. The van der Waals surface area contributed by atoms with Crippen LogP contribution in [0.4, 0.5) is 5.69 Å². The van der Waals surface area contributed by atoms with E-state index >= 15 is 0 Å². The van der Waals surface area contributed by atoms with Gasteiger partial charge in [-0.05, 0) is 30.7 Å². The van der Waals surface area contributed by atoms with Crippen LogP contribution in [-0.2, 0) is 9.53 Å². The maximum Gasteiger partial charge on any atom is 0.225 e. The molecule has 0 aliphatic carbocycles. The van der Waals surface area contributed by atoms with Gasteiger partial charge in [-0.3, -0.25) is 4.79 Å². The van der Waals surface area contributed by atoms with Crippen molar-refractivity contribution in [2.75, 3.05) is 32.2 Å². The molecule has 108 valence electrons. The Morgan fingerprint density at radius 2 is 2.11 bits per heavy atom. The summed E-state index contributed by atoms with van der Waals surface area (Å²) >= 11 is 0. The van der Waals surface area contributed by atoms with Crippen molar-refractivity contribution in [3.8, 4) is 5.75 Å². The van der Waals surface area contributed by atoms with Crippen LogP contribution in [0.3, 0.4) is 0 Å². The largest absolute Gasteiger partial charge is 0.491 e. The summed E-state index contributed by atoms with van der Waals surface area (Å²) in [5.41, 5.74) is 7.06. The second-order valence-electron chi connectivity index (χ2n) is 3.90. The minimum absolute atomic E-state index is 0. The average molecular weight is 289 g/mol. The van der Waals surface area contributed by atoms with Gasteiger partial charge < -0.3 is 20.5 Å². The van der Waals surface area contributed by atoms with Gasteiger partial charge in [-0.1, -0.05) is 0 Å². The molecule has 0 radical (unpaired) electrons.